The van der Waals surface area contributed by atoms with E-state index in [2.05, 4.69) is 5.32 Å². The van der Waals surface area contributed by atoms with Gasteiger partial charge in [0.2, 0.25) is 5.91 Å². The van der Waals surface area contributed by atoms with E-state index in [0.717, 1.165) is 0 Å². The molecule has 0 aromatic heterocycles. The van der Waals surface area contributed by atoms with Crippen molar-refractivity contribution in [2.24, 2.45) is 0 Å². The molecule has 0 spiro atoms. The first-order chi connectivity index (χ1) is 11.1. The van der Waals surface area contributed by atoms with Gasteiger partial charge < -0.3 is 15.0 Å². The lowest BCUT2D eigenvalue weighted by molar-refractivity contribution is -0.121. The van der Waals surface area contributed by atoms with Crippen molar-refractivity contribution in [3.63, 3.8) is 0 Å². The van der Waals surface area contributed by atoms with Crippen LogP contribution in [0.5, 0.6) is 5.75 Å². The monoisotopic (exact) mass is 310 g/mol. The van der Waals surface area contributed by atoms with Crippen molar-refractivity contribution in [1.29, 1.82) is 0 Å². The third-order valence-electron chi connectivity index (χ3n) is 3.73. The minimum absolute atomic E-state index is 0.0725. The largest absolute Gasteiger partial charge is 0.484 e. The molecule has 0 unspecified atom stereocenters. The van der Waals surface area contributed by atoms with Gasteiger partial charge in [0.25, 0.3) is 5.91 Å². The Hall–Kier alpha value is -2.82. The molecule has 0 aliphatic carbocycles. The summed E-state index contributed by atoms with van der Waals surface area (Å²) in [6.07, 6.45) is 0.256. The van der Waals surface area contributed by atoms with E-state index in [1.54, 1.807) is 23.1 Å². The highest BCUT2D eigenvalue weighted by atomic mass is 16.5. The van der Waals surface area contributed by atoms with Crippen LogP contribution in [0.3, 0.4) is 0 Å². The average molecular weight is 310 g/mol. The van der Waals surface area contributed by atoms with Crippen molar-refractivity contribution in [2.75, 3.05) is 16.8 Å². The maximum atomic E-state index is 12.7. The molecule has 23 heavy (non-hydrogen) atoms. The first-order valence-electron chi connectivity index (χ1n) is 7.54. The molecule has 0 radical (unpaired) electrons. The first kappa shape index (κ1) is 15.1. The number of hydrogen-bond acceptors (Lipinski definition) is 3. The Labute approximate surface area is 134 Å². The molecule has 0 fully saturated rings. The Morgan fingerprint density at radius 3 is 2.65 bits per heavy atom. The number of ether oxygens (including phenoxy) is 1. The molecule has 3 rings (SSSR count). The number of nitrogens with zero attached hydrogens (tertiary/aromatic N) is 1. The van der Waals surface area contributed by atoms with E-state index >= 15 is 0 Å². The van der Waals surface area contributed by atoms with E-state index in [0.29, 0.717) is 17.1 Å². The van der Waals surface area contributed by atoms with Crippen LogP contribution in [0.15, 0.2) is 54.6 Å². The molecule has 118 valence electrons. The van der Waals surface area contributed by atoms with Crippen molar-refractivity contribution in [3.8, 4) is 5.75 Å². The summed E-state index contributed by atoms with van der Waals surface area (Å²) in [6, 6.07) is 16.3. The Bertz CT molecular complexity index is 715. The van der Waals surface area contributed by atoms with Crippen molar-refractivity contribution in [3.05, 3.63) is 54.6 Å². The lowest BCUT2D eigenvalue weighted by Gasteiger charge is -2.27. The van der Waals surface area contributed by atoms with E-state index in [9.17, 15) is 9.59 Å². The molecule has 2 aromatic rings. The topological polar surface area (TPSA) is 58.6 Å². The normalized spacial score (nSPS) is 17.0. The number of anilines is 2. The van der Waals surface area contributed by atoms with Crippen LogP contribution in [0.2, 0.25) is 0 Å². The third-order valence-corrected chi connectivity index (χ3v) is 3.73. The van der Waals surface area contributed by atoms with Crippen molar-refractivity contribution < 1.29 is 14.3 Å². The van der Waals surface area contributed by atoms with Crippen LogP contribution in [0.1, 0.15) is 13.3 Å². The molecule has 1 aliphatic rings. The predicted octanol–water partition coefficient (Wildman–Crippen LogP) is 2.83. The third kappa shape index (κ3) is 3.34. The predicted molar refractivity (Wildman–Crippen MR) is 88.6 cm³/mol. The minimum Gasteiger partial charge on any atom is -0.484 e. The fourth-order valence-electron chi connectivity index (χ4n) is 2.70. The molecule has 1 N–H and O–H groups in total. The zero-order valence-corrected chi connectivity index (χ0v) is 12.9. The Kier molecular flexibility index (Phi) is 4.28. The van der Waals surface area contributed by atoms with E-state index in [4.69, 9.17) is 4.74 Å². The zero-order valence-electron chi connectivity index (χ0n) is 12.9. The molecular weight excluding hydrogens is 292 g/mol. The molecule has 0 saturated heterocycles. The summed E-state index contributed by atoms with van der Waals surface area (Å²) in [5, 5.41) is 2.84. The number of carbonyl (C=O) groups excluding carboxylic acids is 2. The molecule has 0 saturated carbocycles. The van der Waals surface area contributed by atoms with Gasteiger partial charge in [-0.1, -0.05) is 30.3 Å². The summed E-state index contributed by atoms with van der Waals surface area (Å²) in [4.78, 5) is 26.2. The highest BCUT2D eigenvalue weighted by Gasteiger charge is 2.29. The minimum atomic E-state index is -0.231. The van der Waals surface area contributed by atoms with Crippen LogP contribution in [-0.4, -0.2) is 24.5 Å². The number of rotatable bonds is 3. The lowest BCUT2D eigenvalue weighted by Crippen LogP contribution is -2.41. The number of para-hydroxylation sites is 3. The summed E-state index contributed by atoms with van der Waals surface area (Å²) in [6.45, 7) is 1.79. The van der Waals surface area contributed by atoms with Crippen molar-refractivity contribution >= 4 is 23.2 Å². The fourth-order valence-corrected chi connectivity index (χ4v) is 2.70. The lowest BCUT2D eigenvalue weighted by atomic mass is 10.1. The number of carbonyl (C=O) groups is 2. The molecule has 5 nitrogen and oxygen atoms in total. The molecule has 0 bridgehead atoms. The van der Waals surface area contributed by atoms with Crippen LogP contribution < -0.4 is 15.0 Å². The maximum absolute atomic E-state index is 12.7. The van der Waals surface area contributed by atoms with Gasteiger partial charge in [0.1, 0.15) is 5.75 Å². The van der Waals surface area contributed by atoms with Gasteiger partial charge in [-0.25, -0.2) is 0 Å². The summed E-state index contributed by atoms with van der Waals surface area (Å²) in [5.41, 5.74) is 1.35. The van der Waals surface area contributed by atoms with E-state index in [-0.39, 0.29) is 30.9 Å². The van der Waals surface area contributed by atoms with Crippen LogP contribution in [-0.2, 0) is 9.59 Å². The number of benzene rings is 2. The summed E-state index contributed by atoms with van der Waals surface area (Å²) >= 11 is 0. The Morgan fingerprint density at radius 2 is 1.87 bits per heavy atom. The van der Waals surface area contributed by atoms with Gasteiger partial charge in [-0.2, -0.15) is 0 Å². The number of nitrogens with one attached hydrogen (secondary N) is 1. The van der Waals surface area contributed by atoms with Crippen LogP contribution in [0.25, 0.3) is 0 Å². The Morgan fingerprint density at radius 1 is 1.17 bits per heavy atom. The van der Waals surface area contributed by atoms with Crippen LogP contribution >= 0.6 is 0 Å². The molecule has 1 heterocycles. The second-order valence-corrected chi connectivity index (χ2v) is 5.48. The summed E-state index contributed by atoms with van der Waals surface area (Å²) in [5.74, 6) is 0.375. The maximum Gasteiger partial charge on any atom is 0.265 e. The van der Waals surface area contributed by atoms with Gasteiger partial charge in [0.15, 0.2) is 6.61 Å². The molecule has 2 amide bonds. The molecule has 1 aliphatic heterocycles. The molecular formula is C18H18N2O3. The second kappa shape index (κ2) is 6.52. The van der Waals surface area contributed by atoms with Gasteiger partial charge in [0.05, 0.1) is 11.4 Å². The standard InChI is InChI=1S/C18H18N2O3/c1-13-11-17(21)19-15-9-5-6-10-16(15)20(13)18(22)12-23-14-7-3-2-4-8-14/h2-10,13H,11-12H2,1H3,(H,19,21)/t13-/m0/s1. The van der Waals surface area contributed by atoms with Crippen molar-refractivity contribution in [2.45, 2.75) is 19.4 Å². The van der Waals surface area contributed by atoms with Gasteiger partial charge in [-0.05, 0) is 31.2 Å². The number of hydrogen-bond donors (Lipinski definition) is 1. The smallest absolute Gasteiger partial charge is 0.265 e. The fraction of sp³-hybridized carbons (Fsp3) is 0.222. The quantitative estimate of drug-likeness (QED) is 0.948. The first-order valence-corrected chi connectivity index (χ1v) is 7.54. The highest BCUT2D eigenvalue weighted by Crippen LogP contribution is 2.31. The number of amides is 2. The SMILES string of the molecule is C[C@H]1CC(=O)Nc2ccccc2N1C(=O)COc1ccccc1. The van der Waals surface area contributed by atoms with Gasteiger partial charge in [0, 0.05) is 12.5 Å². The zero-order chi connectivity index (χ0) is 16.2. The second-order valence-electron chi connectivity index (χ2n) is 5.48. The van der Waals surface area contributed by atoms with Crippen LogP contribution in [0, 0.1) is 0 Å². The molecule has 2 aromatic carbocycles. The van der Waals surface area contributed by atoms with E-state index in [1.165, 1.54) is 0 Å². The van der Waals surface area contributed by atoms with Gasteiger partial charge >= 0.3 is 0 Å². The number of fused-ring (bicyclic) bond motifs is 1. The summed E-state index contributed by atoms with van der Waals surface area (Å²) < 4.78 is 5.56. The van der Waals surface area contributed by atoms with Crippen LogP contribution in [0.4, 0.5) is 11.4 Å². The van der Waals surface area contributed by atoms with Gasteiger partial charge in [-0.15, -0.1) is 0 Å². The van der Waals surface area contributed by atoms with E-state index < -0.39 is 0 Å². The van der Waals surface area contributed by atoms with Crippen molar-refractivity contribution in [1.82, 2.24) is 0 Å². The van der Waals surface area contributed by atoms with Gasteiger partial charge in [-0.3, -0.25) is 9.59 Å². The average Bonchev–Trinajstić information content (AvgIpc) is 2.68. The highest BCUT2D eigenvalue weighted by molar-refractivity contribution is 6.04. The molecule has 5 heteroatoms. The summed E-state index contributed by atoms with van der Waals surface area (Å²) in [7, 11) is 0. The van der Waals surface area contributed by atoms with E-state index in [1.807, 2.05) is 43.3 Å². The Balaban J connectivity index is 1.82. The molecule has 1 atom stereocenters.